The Hall–Kier alpha value is -2.92. The Morgan fingerprint density at radius 3 is 2.42 bits per heavy atom. The Morgan fingerprint density at radius 1 is 1.16 bits per heavy atom. The van der Waals surface area contributed by atoms with Crippen LogP contribution in [0, 0.1) is 6.92 Å². The molecule has 1 fully saturated rings. The van der Waals surface area contributed by atoms with E-state index in [0.29, 0.717) is 48.9 Å². The molecule has 8 nitrogen and oxygen atoms in total. The predicted molar refractivity (Wildman–Crippen MR) is 104 cm³/mol. The highest BCUT2D eigenvalue weighted by Gasteiger charge is 2.27. The molecular formula is C20H23F3N4O4. The smallest absolute Gasteiger partial charge is 0.367 e. The number of hydrogen-bond donors (Lipinski definition) is 1. The van der Waals surface area contributed by atoms with Gasteiger partial charge in [-0.2, -0.15) is 13.2 Å². The number of rotatable bonds is 7. The molecule has 1 N–H and O–H groups in total. The van der Waals surface area contributed by atoms with E-state index in [9.17, 15) is 22.8 Å². The number of benzene rings is 1. The van der Waals surface area contributed by atoms with Gasteiger partial charge in [0.15, 0.2) is 5.82 Å². The van der Waals surface area contributed by atoms with Crippen LogP contribution in [0.2, 0.25) is 0 Å². The monoisotopic (exact) mass is 440 g/mol. The fraction of sp³-hybridized carbons (Fsp3) is 0.450. The Kier molecular flexibility index (Phi) is 7.29. The average molecular weight is 440 g/mol. The molecule has 1 aromatic carbocycles. The first-order valence-corrected chi connectivity index (χ1v) is 9.68. The third kappa shape index (κ3) is 7.07. The number of nitrogens with one attached hydrogen (secondary N) is 1. The van der Waals surface area contributed by atoms with Crippen molar-refractivity contribution in [2.45, 2.75) is 19.7 Å². The van der Waals surface area contributed by atoms with Crippen LogP contribution in [-0.2, 0) is 16.1 Å². The molecule has 0 bridgehead atoms. The summed E-state index contributed by atoms with van der Waals surface area (Å²) >= 11 is 0. The van der Waals surface area contributed by atoms with Crippen LogP contribution in [0.5, 0.6) is 0 Å². The van der Waals surface area contributed by atoms with E-state index in [1.807, 2.05) is 4.90 Å². The number of hydrogen-bond acceptors (Lipinski definition) is 6. The van der Waals surface area contributed by atoms with Crippen molar-refractivity contribution in [3.8, 4) is 0 Å². The molecule has 0 saturated carbocycles. The fourth-order valence-electron chi connectivity index (χ4n) is 3.13. The number of amides is 2. The molecule has 0 spiro atoms. The Morgan fingerprint density at radius 2 is 1.84 bits per heavy atom. The second-order valence-corrected chi connectivity index (χ2v) is 7.24. The molecule has 0 aliphatic carbocycles. The number of alkyl halides is 3. The van der Waals surface area contributed by atoms with Crippen molar-refractivity contribution in [2.24, 2.45) is 0 Å². The number of aromatic nitrogens is 1. The van der Waals surface area contributed by atoms with Gasteiger partial charge >= 0.3 is 6.18 Å². The molecule has 1 aliphatic heterocycles. The highest BCUT2D eigenvalue weighted by Crippen LogP contribution is 2.16. The van der Waals surface area contributed by atoms with Gasteiger partial charge in [0.05, 0.1) is 13.2 Å². The lowest BCUT2D eigenvalue weighted by Crippen LogP contribution is -2.50. The lowest BCUT2D eigenvalue weighted by Gasteiger charge is -2.34. The fourth-order valence-corrected chi connectivity index (χ4v) is 3.13. The minimum absolute atomic E-state index is 0.162. The summed E-state index contributed by atoms with van der Waals surface area (Å²) < 4.78 is 45.9. The van der Waals surface area contributed by atoms with Gasteiger partial charge in [0.25, 0.3) is 5.91 Å². The second kappa shape index (κ2) is 9.92. The first kappa shape index (κ1) is 22.8. The van der Waals surface area contributed by atoms with Crippen molar-refractivity contribution < 1.29 is 32.0 Å². The molecule has 0 unspecified atom stereocenters. The minimum atomic E-state index is -4.37. The summed E-state index contributed by atoms with van der Waals surface area (Å²) in [5, 5.41) is 6.37. The van der Waals surface area contributed by atoms with Crippen molar-refractivity contribution in [3.05, 3.63) is 47.2 Å². The number of aryl methyl sites for hydroxylation is 1. The standard InChI is InChI=1S/C20H23F3N4O4/c1-14-10-17(25-31-14)24-18(28)11-26-6-8-27(9-7-26)19(29)16-4-2-15(3-5-16)12-30-13-20(21,22)23/h2-5,10H,6-9,11-13H2,1H3,(H,24,25,28). The van der Waals surface area contributed by atoms with E-state index in [1.54, 1.807) is 42.2 Å². The maximum atomic E-state index is 12.7. The molecule has 2 amide bonds. The SMILES string of the molecule is Cc1cc(NC(=O)CN2CCN(C(=O)c3ccc(COCC(F)(F)F)cc3)CC2)no1. The van der Waals surface area contributed by atoms with Crippen molar-refractivity contribution in [1.29, 1.82) is 0 Å². The van der Waals surface area contributed by atoms with Crippen LogP contribution >= 0.6 is 0 Å². The van der Waals surface area contributed by atoms with Crippen LogP contribution in [0.3, 0.4) is 0 Å². The molecule has 3 rings (SSSR count). The van der Waals surface area contributed by atoms with Crippen molar-refractivity contribution >= 4 is 17.6 Å². The van der Waals surface area contributed by atoms with Crippen LogP contribution in [0.15, 0.2) is 34.9 Å². The van der Waals surface area contributed by atoms with E-state index in [4.69, 9.17) is 4.52 Å². The number of nitrogens with zero attached hydrogens (tertiary/aromatic N) is 3. The first-order valence-electron chi connectivity index (χ1n) is 9.68. The minimum Gasteiger partial charge on any atom is -0.367 e. The molecule has 0 radical (unpaired) electrons. The van der Waals surface area contributed by atoms with Gasteiger partial charge in [0.2, 0.25) is 5.91 Å². The first-order chi connectivity index (χ1) is 14.7. The molecule has 1 aliphatic rings. The number of ether oxygens (including phenoxy) is 1. The summed E-state index contributed by atoms with van der Waals surface area (Å²) in [6.07, 6.45) is -4.37. The van der Waals surface area contributed by atoms with Gasteiger partial charge in [0.1, 0.15) is 12.4 Å². The summed E-state index contributed by atoms with van der Waals surface area (Å²) in [6, 6.07) is 7.94. The average Bonchev–Trinajstić information content (AvgIpc) is 3.12. The van der Waals surface area contributed by atoms with Gasteiger partial charge in [-0.25, -0.2) is 0 Å². The van der Waals surface area contributed by atoms with Gasteiger partial charge < -0.3 is 19.5 Å². The van der Waals surface area contributed by atoms with Crippen molar-refractivity contribution in [2.75, 3.05) is 44.6 Å². The van der Waals surface area contributed by atoms with E-state index in [2.05, 4.69) is 15.2 Å². The van der Waals surface area contributed by atoms with Gasteiger partial charge in [-0.05, 0) is 24.6 Å². The Bertz CT molecular complexity index is 891. The molecule has 0 atom stereocenters. The largest absolute Gasteiger partial charge is 0.411 e. The second-order valence-electron chi connectivity index (χ2n) is 7.24. The topological polar surface area (TPSA) is 87.9 Å². The van der Waals surface area contributed by atoms with Crippen molar-refractivity contribution in [3.63, 3.8) is 0 Å². The van der Waals surface area contributed by atoms with Gasteiger partial charge in [-0.1, -0.05) is 17.3 Å². The van der Waals surface area contributed by atoms with E-state index >= 15 is 0 Å². The van der Waals surface area contributed by atoms with Gasteiger partial charge in [-0.3, -0.25) is 14.5 Å². The third-order valence-electron chi connectivity index (χ3n) is 4.66. The number of carbonyl (C=O) groups is 2. The lowest BCUT2D eigenvalue weighted by atomic mass is 10.1. The van der Waals surface area contributed by atoms with E-state index < -0.39 is 12.8 Å². The molecule has 2 aromatic rings. The zero-order chi connectivity index (χ0) is 22.4. The number of piperazine rings is 1. The van der Waals surface area contributed by atoms with E-state index in [0.717, 1.165) is 0 Å². The number of halogens is 3. The number of carbonyl (C=O) groups excluding carboxylic acids is 2. The maximum absolute atomic E-state index is 12.7. The van der Waals surface area contributed by atoms with Crippen LogP contribution in [0.1, 0.15) is 21.7 Å². The highest BCUT2D eigenvalue weighted by molar-refractivity contribution is 5.94. The van der Waals surface area contributed by atoms with Gasteiger partial charge in [0, 0.05) is 37.8 Å². The molecule has 11 heteroatoms. The zero-order valence-corrected chi connectivity index (χ0v) is 16.9. The van der Waals surface area contributed by atoms with E-state index in [1.165, 1.54) is 0 Å². The number of anilines is 1. The third-order valence-corrected chi connectivity index (χ3v) is 4.66. The summed E-state index contributed by atoms with van der Waals surface area (Å²) in [5.74, 6) is 0.592. The van der Waals surface area contributed by atoms with Crippen LogP contribution in [-0.4, -0.2) is 72.3 Å². The van der Waals surface area contributed by atoms with E-state index in [-0.39, 0.29) is 25.0 Å². The van der Waals surface area contributed by atoms with Crippen LogP contribution in [0.4, 0.5) is 19.0 Å². The van der Waals surface area contributed by atoms with Crippen molar-refractivity contribution in [1.82, 2.24) is 15.0 Å². The lowest BCUT2D eigenvalue weighted by molar-refractivity contribution is -0.176. The molecule has 2 heterocycles. The molecule has 31 heavy (non-hydrogen) atoms. The normalized spacial score (nSPS) is 15.2. The van der Waals surface area contributed by atoms with Gasteiger partial charge in [-0.15, -0.1) is 0 Å². The predicted octanol–water partition coefficient (Wildman–Crippen LogP) is 2.46. The summed E-state index contributed by atoms with van der Waals surface area (Å²) in [4.78, 5) is 28.4. The molecular weight excluding hydrogens is 417 g/mol. The summed E-state index contributed by atoms with van der Waals surface area (Å²) in [6.45, 7) is 2.43. The Labute approximate surface area is 176 Å². The van der Waals surface area contributed by atoms with Crippen LogP contribution < -0.4 is 5.32 Å². The maximum Gasteiger partial charge on any atom is 0.411 e. The highest BCUT2D eigenvalue weighted by atomic mass is 19.4. The Balaban J connectivity index is 1.42. The molecule has 168 valence electrons. The molecule has 1 saturated heterocycles. The summed E-state index contributed by atoms with van der Waals surface area (Å²) in [5.41, 5.74) is 1.01. The zero-order valence-electron chi connectivity index (χ0n) is 16.9. The summed E-state index contributed by atoms with van der Waals surface area (Å²) in [7, 11) is 0. The quantitative estimate of drug-likeness (QED) is 0.712. The molecule has 1 aromatic heterocycles. The van der Waals surface area contributed by atoms with Crippen LogP contribution in [0.25, 0.3) is 0 Å².